The number of carbonyl (C=O) groups is 1. The molecule has 1 amide bonds. The SMILES string of the molecule is Cc1ccc(CNC(=O)C(C)CN)cc1. The van der Waals surface area contributed by atoms with E-state index in [4.69, 9.17) is 5.73 Å². The van der Waals surface area contributed by atoms with Gasteiger partial charge in [-0.05, 0) is 12.5 Å². The molecule has 0 fully saturated rings. The molecule has 1 aromatic rings. The van der Waals surface area contributed by atoms with Crippen molar-refractivity contribution in [3.8, 4) is 0 Å². The minimum absolute atomic E-state index is 0.0121. The standard InChI is InChI=1S/C12H18N2O/c1-9-3-5-11(6-4-9)8-14-12(15)10(2)7-13/h3-6,10H,7-8,13H2,1-2H3,(H,14,15). The molecular formula is C12H18N2O. The first-order valence-electron chi connectivity index (χ1n) is 5.17. The third kappa shape index (κ3) is 3.72. The summed E-state index contributed by atoms with van der Waals surface area (Å²) in [5.41, 5.74) is 7.73. The maximum atomic E-state index is 11.4. The molecule has 0 heterocycles. The van der Waals surface area contributed by atoms with E-state index in [9.17, 15) is 4.79 Å². The number of benzene rings is 1. The maximum absolute atomic E-state index is 11.4. The highest BCUT2D eigenvalue weighted by Gasteiger charge is 2.09. The quantitative estimate of drug-likeness (QED) is 0.778. The molecule has 0 saturated carbocycles. The van der Waals surface area contributed by atoms with Gasteiger partial charge in [0.25, 0.3) is 0 Å². The molecule has 0 aliphatic heterocycles. The van der Waals surface area contributed by atoms with Crippen molar-refractivity contribution in [1.29, 1.82) is 0 Å². The molecule has 0 bridgehead atoms. The second-order valence-electron chi connectivity index (χ2n) is 3.84. The lowest BCUT2D eigenvalue weighted by Crippen LogP contribution is -2.32. The van der Waals surface area contributed by atoms with Gasteiger partial charge >= 0.3 is 0 Å². The molecule has 82 valence electrons. The highest BCUT2D eigenvalue weighted by molar-refractivity contribution is 5.78. The summed E-state index contributed by atoms with van der Waals surface area (Å²) in [7, 11) is 0. The van der Waals surface area contributed by atoms with Gasteiger partial charge in [-0.2, -0.15) is 0 Å². The van der Waals surface area contributed by atoms with Gasteiger partial charge < -0.3 is 11.1 Å². The Morgan fingerprint density at radius 3 is 2.53 bits per heavy atom. The predicted molar refractivity (Wildman–Crippen MR) is 61.2 cm³/mol. The average molecular weight is 206 g/mol. The Labute approximate surface area is 90.7 Å². The lowest BCUT2D eigenvalue weighted by atomic mass is 10.1. The minimum atomic E-state index is -0.115. The molecule has 0 spiro atoms. The maximum Gasteiger partial charge on any atom is 0.224 e. The van der Waals surface area contributed by atoms with E-state index >= 15 is 0 Å². The molecule has 3 N–H and O–H groups in total. The second-order valence-corrected chi connectivity index (χ2v) is 3.84. The molecule has 0 saturated heterocycles. The summed E-state index contributed by atoms with van der Waals surface area (Å²) < 4.78 is 0. The van der Waals surface area contributed by atoms with E-state index in [-0.39, 0.29) is 11.8 Å². The van der Waals surface area contributed by atoms with Crippen LogP contribution in [0.15, 0.2) is 24.3 Å². The van der Waals surface area contributed by atoms with Crippen LogP contribution in [0.4, 0.5) is 0 Å². The average Bonchev–Trinajstić information content (AvgIpc) is 2.26. The van der Waals surface area contributed by atoms with Gasteiger partial charge in [-0.3, -0.25) is 4.79 Å². The van der Waals surface area contributed by atoms with Crippen LogP contribution in [0, 0.1) is 12.8 Å². The van der Waals surface area contributed by atoms with Crippen LogP contribution in [0.3, 0.4) is 0 Å². The van der Waals surface area contributed by atoms with Gasteiger partial charge in [0.2, 0.25) is 5.91 Å². The topological polar surface area (TPSA) is 55.1 Å². The summed E-state index contributed by atoms with van der Waals surface area (Å²) in [5, 5.41) is 2.85. The predicted octanol–water partition coefficient (Wildman–Crippen LogP) is 1.21. The van der Waals surface area contributed by atoms with Gasteiger partial charge in [0.05, 0.1) is 0 Å². The third-order valence-electron chi connectivity index (χ3n) is 2.39. The van der Waals surface area contributed by atoms with Crippen molar-refractivity contribution in [3.05, 3.63) is 35.4 Å². The molecule has 15 heavy (non-hydrogen) atoms. The van der Waals surface area contributed by atoms with Crippen LogP contribution in [-0.4, -0.2) is 12.5 Å². The van der Waals surface area contributed by atoms with E-state index in [0.29, 0.717) is 13.1 Å². The molecule has 1 atom stereocenters. The Morgan fingerprint density at radius 1 is 1.40 bits per heavy atom. The van der Waals surface area contributed by atoms with E-state index in [2.05, 4.69) is 5.32 Å². The van der Waals surface area contributed by atoms with Gasteiger partial charge in [0.15, 0.2) is 0 Å². The summed E-state index contributed by atoms with van der Waals surface area (Å²) in [4.78, 5) is 11.4. The van der Waals surface area contributed by atoms with Gasteiger partial charge in [-0.25, -0.2) is 0 Å². The molecule has 1 rings (SSSR count). The van der Waals surface area contributed by atoms with Crippen molar-refractivity contribution in [2.45, 2.75) is 20.4 Å². The van der Waals surface area contributed by atoms with Crippen LogP contribution in [-0.2, 0) is 11.3 Å². The van der Waals surface area contributed by atoms with Gasteiger partial charge in [-0.15, -0.1) is 0 Å². The number of aryl methyl sites for hydroxylation is 1. The van der Waals surface area contributed by atoms with E-state index in [1.165, 1.54) is 5.56 Å². The fourth-order valence-corrected chi connectivity index (χ4v) is 1.18. The van der Waals surface area contributed by atoms with E-state index in [0.717, 1.165) is 5.56 Å². The Kier molecular flexibility index (Phi) is 4.31. The molecule has 3 nitrogen and oxygen atoms in total. The monoisotopic (exact) mass is 206 g/mol. The molecule has 3 heteroatoms. The van der Waals surface area contributed by atoms with Crippen LogP contribution >= 0.6 is 0 Å². The van der Waals surface area contributed by atoms with E-state index in [1.54, 1.807) is 0 Å². The summed E-state index contributed by atoms with van der Waals surface area (Å²) in [5.74, 6) is -0.103. The van der Waals surface area contributed by atoms with Gasteiger partial charge in [0, 0.05) is 19.0 Å². The van der Waals surface area contributed by atoms with Crippen LogP contribution < -0.4 is 11.1 Å². The minimum Gasteiger partial charge on any atom is -0.352 e. The summed E-state index contributed by atoms with van der Waals surface area (Å²) in [6.07, 6.45) is 0. The molecule has 1 aromatic carbocycles. The number of carbonyl (C=O) groups excluding carboxylic acids is 1. The van der Waals surface area contributed by atoms with Crippen molar-refractivity contribution in [2.24, 2.45) is 11.7 Å². The first-order chi connectivity index (χ1) is 7.13. The van der Waals surface area contributed by atoms with Crippen LogP contribution in [0.5, 0.6) is 0 Å². The van der Waals surface area contributed by atoms with Crippen molar-refractivity contribution in [3.63, 3.8) is 0 Å². The third-order valence-corrected chi connectivity index (χ3v) is 2.39. The summed E-state index contributed by atoms with van der Waals surface area (Å²) >= 11 is 0. The number of nitrogens with two attached hydrogens (primary N) is 1. The number of hydrogen-bond acceptors (Lipinski definition) is 2. The zero-order valence-corrected chi connectivity index (χ0v) is 9.29. The molecule has 1 unspecified atom stereocenters. The van der Waals surface area contributed by atoms with Crippen molar-refractivity contribution in [2.75, 3.05) is 6.54 Å². The normalized spacial score (nSPS) is 12.2. The van der Waals surface area contributed by atoms with Crippen LogP contribution in [0.2, 0.25) is 0 Å². The van der Waals surface area contributed by atoms with Gasteiger partial charge in [-0.1, -0.05) is 36.8 Å². The first-order valence-corrected chi connectivity index (χ1v) is 5.17. The summed E-state index contributed by atoms with van der Waals surface area (Å²) in [6, 6.07) is 8.10. The van der Waals surface area contributed by atoms with E-state index < -0.39 is 0 Å². The molecule has 0 aromatic heterocycles. The first kappa shape index (κ1) is 11.7. The zero-order valence-electron chi connectivity index (χ0n) is 9.29. The Morgan fingerprint density at radius 2 is 2.00 bits per heavy atom. The largest absolute Gasteiger partial charge is 0.352 e. The highest BCUT2D eigenvalue weighted by atomic mass is 16.1. The van der Waals surface area contributed by atoms with Gasteiger partial charge in [0.1, 0.15) is 0 Å². The van der Waals surface area contributed by atoms with Crippen molar-refractivity contribution < 1.29 is 4.79 Å². The molecule has 0 radical (unpaired) electrons. The smallest absolute Gasteiger partial charge is 0.224 e. The highest BCUT2D eigenvalue weighted by Crippen LogP contribution is 2.03. The number of rotatable bonds is 4. The number of amides is 1. The Bertz CT molecular complexity index is 319. The lowest BCUT2D eigenvalue weighted by Gasteiger charge is -2.09. The molecular weight excluding hydrogens is 188 g/mol. The Balaban J connectivity index is 2.43. The zero-order chi connectivity index (χ0) is 11.3. The second kappa shape index (κ2) is 5.51. The molecule has 0 aliphatic carbocycles. The van der Waals surface area contributed by atoms with Crippen molar-refractivity contribution in [1.82, 2.24) is 5.32 Å². The molecule has 0 aliphatic rings. The van der Waals surface area contributed by atoms with Crippen LogP contribution in [0.1, 0.15) is 18.1 Å². The Hall–Kier alpha value is -1.35. The fourth-order valence-electron chi connectivity index (χ4n) is 1.18. The summed E-state index contributed by atoms with van der Waals surface area (Å²) in [6.45, 7) is 4.83. The number of hydrogen-bond donors (Lipinski definition) is 2. The van der Waals surface area contributed by atoms with Crippen molar-refractivity contribution >= 4 is 5.91 Å². The van der Waals surface area contributed by atoms with E-state index in [1.807, 2.05) is 38.1 Å². The lowest BCUT2D eigenvalue weighted by molar-refractivity contribution is -0.124. The van der Waals surface area contributed by atoms with Crippen LogP contribution in [0.25, 0.3) is 0 Å². The fraction of sp³-hybridized carbons (Fsp3) is 0.417. The number of nitrogens with one attached hydrogen (secondary N) is 1.